The number of rotatable bonds is 6. The van der Waals surface area contributed by atoms with Crippen LogP contribution in [0, 0.1) is 0 Å². The molecule has 0 radical (unpaired) electrons. The lowest BCUT2D eigenvalue weighted by Gasteiger charge is -2.16. The maximum absolute atomic E-state index is 13.4. The molecule has 0 amide bonds. The topological polar surface area (TPSA) is 63.6 Å². The second kappa shape index (κ2) is 10.2. The van der Waals surface area contributed by atoms with Gasteiger partial charge in [-0.15, -0.1) is 10.2 Å². The summed E-state index contributed by atoms with van der Waals surface area (Å²) < 4.78 is 40.3. The normalized spacial score (nSPS) is 12.2. The molecule has 37 heavy (non-hydrogen) atoms. The van der Waals surface area contributed by atoms with Gasteiger partial charge in [0, 0.05) is 22.9 Å². The zero-order valence-electron chi connectivity index (χ0n) is 19.8. The molecule has 8 heteroatoms. The Labute approximate surface area is 212 Å². The van der Waals surface area contributed by atoms with Gasteiger partial charge in [0.2, 0.25) is 5.95 Å². The molecule has 2 aromatic heterocycles. The van der Waals surface area contributed by atoms with Crippen molar-refractivity contribution in [2.45, 2.75) is 19.1 Å². The Balaban J connectivity index is 1.60. The maximum atomic E-state index is 13.4. The van der Waals surface area contributed by atoms with Gasteiger partial charge in [0.25, 0.3) is 0 Å². The molecule has 184 valence electrons. The number of alkyl halides is 3. The van der Waals surface area contributed by atoms with Crippen LogP contribution in [-0.2, 0) is 6.18 Å². The Morgan fingerprint density at radius 3 is 2.16 bits per heavy atom. The first-order valence-electron chi connectivity index (χ1n) is 11.6. The lowest BCUT2D eigenvalue weighted by Crippen LogP contribution is -2.09. The molecule has 0 aliphatic carbocycles. The summed E-state index contributed by atoms with van der Waals surface area (Å²) in [6, 6.07) is 27.8. The first-order chi connectivity index (χ1) is 17.9. The Hall–Kier alpha value is -4.59. The molecule has 0 saturated heterocycles. The maximum Gasteiger partial charge on any atom is 0.416 e. The summed E-state index contributed by atoms with van der Waals surface area (Å²) >= 11 is 0. The first-order valence-corrected chi connectivity index (χ1v) is 11.6. The van der Waals surface area contributed by atoms with Crippen LogP contribution in [0.2, 0.25) is 0 Å². The molecule has 5 nitrogen and oxygen atoms in total. The number of nitrogens with zero attached hydrogens (tertiary/aromatic N) is 4. The highest BCUT2D eigenvalue weighted by Gasteiger charge is 2.31. The van der Waals surface area contributed by atoms with E-state index in [1.54, 1.807) is 24.4 Å². The number of benzene rings is 3. The van der Waals surface area contributed by atoms with Crippen LogP contribution in [0.3, 0.4) is 0 Å². The summed E-state index contributed by atoms with van der Waals surface area (Å²) in [7, 11) is 0. The molecule has 5 aromatic rings. The van der Waals surface area contributed by atoms with Gasteiger partial charge in [0.1, 0.15) is 5.69 Å². The van der Waals surface area contributed by atoms with E-state index in [9.17, 15) is 13.2 Å². The molecule has 0 bridgehead atoms. The Bertz CT molecular complexity index is 1510. The fourth-order valence-electron chi connectivity index (χ4n) is 3.99. The van der Waals surface area contributed by atoms with Crippen molar-refractivity contribution in [1.82, 2.24) is 20.2 Å². The minimum atomic E-state index is -4.48. The van der Waals surface area contributed by atoms with Crippen molar-refractivity contribution in [3.05, 3.63) is 114 Å². The number of anilines is 1. The van der Waals surface area contributed by atoms with E-state index < -0.39 is 11.7 Å². The number of hydrogen-bond acceptors (Lipinski definition) is 5. The highest BCUT2D eigenvalue weighted by molar-refractivity contribution is 5.82. The van der Waals surface area contributed by atoms with Gasteiger partial charge in [0.05, 0.1) is 23.0 Å². The number of hydrogen-bond donors (Lipinski definition) is 1. The van der Waals surface area contributed by atoms with Gasteiger partial charge in [-0.3, -0.25) is 0 Å². The second-order valence-corrected chi connectivity index (χ2v) is 8.48. The molecule has 0 fully saturated rings. The van der Waals surface area contributed by atoms with E-state index in [0.717, 1.165) is 23.3 Å². The number of nitrogens with one attached hydrogen (secondary N) is 1. The smallest absolute Gasteiger partial charge is 0.348 e. The summed E-state index contributed by atoms with van der Waals surface area (Å²) in [5, 5.41) is 12.0. The zero-order valence-corrected chi connectivity index (χ0v) is 19.8. The summed E-state index contributed by atoms with van der Waals surface area (Å²) in [4.78, 5) is 9.04. The third-order valence-electron chi connectivity index (χ3n) is 5.90. The molecule has 0 aliphatic rings. The van der Waals surface area contributed by atoms with Crippen LogP contribution in [-0.4, -0.2) is 20.2 Å². The van der Waals surface area contributed by atoms with E-state index in [2.05, 4.69) is 25.5 Å². The van der Waals surface area contributed by atoms with Crippen molar-refractivity contribution in [3.63, 3.8) is 0 Å². The minimum absolute atomic E-state index is 0.0603. The monoisotopic (exact) mass is 497 g/mol. The van der Waals surface area contributed by atoms with Crippen LogP contribution >= 0.6 is 0 Å². The molecule has 0 spiro atoms. The van der Waals surface area contributed by atoms with Crippen molar-refractivity contribution < 1.29 is 13.2 Å². The second-order valence-electron chi connectivity index (χ2n) is 8.48. The van der Waals surface area contributed by atoms with E-state index in [4.69, 9.17) is 0 Å². The van der Waals surface area contributed by atoms with E-state index in [1.807, 2.05) is 67.6 Å². The lowest BCUT2D eigenvalue weighted by atomic mass is 10.00. The van der Waals surface area contributed by atoms with Crippen LogP contribution in [0.5, 0.6) is 0 Å². The quantitative estimate of drug-likeness (QED) is 0.264. The van der Waals surface area contributed by atoms with Crippen LogP contribution in [0.1, 0.15) is 24.1 Å². The van der Waals surface area contributed by atoms with Crippen LogP contribution < -0.4 is 5.32 Å². The highest BCUT2D eigenvalue weighted by Crippen LogP contribution is 2.36. The Morgan fingerprint density at radius 1 is 0.730 bits per heavy atom. The minimum Gasteiger partial charge on any atom is -0.348 e. The van der Waals surface area contributed by atoms with Crippen LogP contribution in [0.15, 0.2) is 103 Å². The summed E-state index contributed by atoms with van der Waals surface area (Å²) in [5.41, 5.74) is 3.37. The molecule has 2 heterocycles. The number of aromatic nitrogens is 4. The van der Waals surface area contributed by atoms with Gasteiger partial charge in [-0.2, -0.15) is 13.2 Å². The van der Waals surface area contributed by atoms with Crippen LogP contribution in [0.25, 0.3) is 33.8 Å². The molecule has 0 unspecified atom stereocenters. The summed E-state index contributed by atoms with van der Waals surface area (Å²) in [6.45, 7) is 2.00. The fourth-order valence-corrected chi connectivity index (χ4v) is 3.99. The molecule has 1 atom stereocenters. The van der Waals surface area contributed by atoms with Crippen molar-refractivity contribution in [2.24, 2.45) is 0 Å². The van der Waals surface area contributed by atoms with E-state index in [0.29, 0.717) is 34.2 Å². The van der Waals surface area contributed by atoms with Gasteiger partial charge in [-0.1, -0.05) is 72.8 Å². The van der Waals surface area contributed by atoms with Crippen LogP contribution in [0.4, 0.5) is 19.1 Å². The lowest BCUT2D eigenvalue weighted by molar-refractivity contribution is -0.137. The predicted octanol–water partition coefficient (Wildman–Crippen LogP) is 7.46. The van der Waals surface area contributed by atoms with Gasteiger partial charge in [-0.25, -0.2) is 9.97 Å². The third-order valence-corrected chi connectivity index (χ3v) is 5.90. The average Bonchev–Trinajstić information content (AvgIpc) is 2.93. The Morgan fingerprint density at radius 2 is 1.43 bits per heavy atom. The molecule has 0 saturated carbocycles. The van der Waals surface area contributed by atoms with E-state index >= 15 is 0 Å². The van der Waals surface area contributed by atoms with Gasteiger partial charge >= 0.3 is 6.18 Å². The van der Waals surface area contributed by atoms with Crippen molar-refractivity contribution in [2.75, 3.05) is 5.32 Å². The van der Waals surface area contributed by atoms with E-state index in [-0.39, 0.29) is 6.04 Å². The predicted molar refractivity (Wildman–Crippen MR) is 137 cm³/mol. The molecular formula is C29H22F3N5. The first kappa shape index (κ1) is 24.1. The summed E-state index contributed by atoms with van der Waals surface area (Å²) in [5.74, 6) is 0.391. The third kappa shape index (κ3) is 5.48. The van der Waals surface area contributed by atoms with Crippen molar-refractivity contribution in [1.29, 1.82) is 0 Å². The summed E-state index contributed by atoms with van der Waals surface area (Å²) in [6.07, 6.45) is -2.87. The molecule has 5 rings (SSSR count). The fraction of sp³-hybridized carbons (Fsp3) is 0.103. The van der Waals surface area contributed by atoms with Gasteiger partial charge in [0.15, 0.2) is 0 Å². The van der Waals surface area contributed by atoms with E-state index in [1.165, 1.54) is 6.07 Å². The number of halogens is 3. The van der Waals surface area contributed by atoms with Gasteiger partial charge < -0.3 is 5.32 Å². The van der Waals surface area contributed by atoms with Crippen molar-refractivity contribution in [3.8, 4) is 33.8 Å². The van der Waals surface area contributed by atoms with Gasteiger partial charge in [-0.05, 0) is 36.8 Å². The molecule has 1 N–H and O–H groups in total. The molecule has 0 aliphatic heterocycles. The highest BCUT2D eigenvalue weighted by atomic mass is 19.4. The molecule has 3 aromatic carbocycles. The van der Waals surface area contributed by atoms with Crippen molar-refractivity contribution >= 4 is 5.95 Å². The standard InChI is InChI=1S/C29H22F3N5/c1-19(20-9-4-2-5-10-20)34-28-33-16-15-25(35-28)24-18-26(21-11-6-3-7-12-21)36-37-27(24)22-13-8-14-23(17-22)29(30,31)32/h2-19H,1H3,(H,33,34,35)/t19-/m0/s1. The average molecular weight is 498 g/mol. The largest absolute Gasteiger partial charge is 0.416 e. The Kier molecular flexibility index (Phi) is 6.64. The molecular weight excluding hydrogens is 475 g/mol. The zero-order chi connectivity index (χ0) is 25.8. The SMILES string of the molecule is C[C@H](Nc1nccc(-c2cc(-c3ccccc3)nnc2-c2cccc(C(F)(F)F)c2)n1)c1ccccc1.